The van der Waals surface area contributed by atoms with Gasteiger partial charge in [0, 0.05) is 30.8 Å². The summed E-state index contributed by atoms with van der Waals surface area (Å²) in [6, 6.07) is 11.2. The number of fused-ring (bicyclic) bond motifs is 1. The number of nitrogens with zero attached hydrogens (tertiary/aromatic N) is 5. The molecule has 0 unspecified atom stereocenters. The second kappa shape index (κ2) is 6.11. The first-order valence-electron chi connectivity index (χ1n) is 8.25. The van der Waals surface area contributed by atoms with Gasteiger partial charge in [-0.15, -0.1) is 0 Å². The van der Waals surface area contributed by atoms with Gasteiger partial charge in [0.2, 0.25) is 0 Å². The summed E-state index contributed by atoms with van der Waals surface area (Å²) < 4.78 is 3.47. The van der Waals surface area contributed by atoms with Gasteiger partial charge < -0.3 is 5.32 Å². The molecule has 3 aromatic heterocycles. The van der Waals surface area contributed by atoms with E-state index in [0.717, 1.165) is 28.1 Å². The van der Waals surface area contributed by atoms with Crippen molar-refractivity contribution < 1.29 is 4.79 Å². The van der Waals surface area contributed by atoms with E-state index in [-0.39, 0.29) is 5.91 Å². The number of hydrogen-bond donors (Lipinski definition) is 1. The quantitative estimate of drug-likeness (QED) is 0.618. The molecule has 0 atom stereocenters. The molecule has 3 heterocycles. The van der Waals surface area contributed by atoms with Crippen molar-refractivity contribution in [2.45, 2.75) is 13.8 Å². The number of aromatic nitrogens is 5. The van der Waals surface area contributed by atoms with Crippen LogP contribution < -0.4 is 5.32 Å². The summed E-state index contributed by atoms with van der Waals surface area (Å²) in [5, 5.41) is 12.3. The third kappa shape index (κ3) is 2.73. The van der Waals surface area contributed by atoms with Crippen LogP contribution in [0.1, 0.15) is 21.7 Å². The number of pyridine rings is 1. The fourth-order valence-corrected chi connectivity index (χ4v) is 3.07. The zero-order valence-corrected chi connectivity index (χ0v) is 14.8. The van der Waals surface area contributed by atoms with E-state index >= 15 is 0 Å². The summed E-state index contributed by atoms with van der Waals surface area (Å²) in [6.45, 7) is 3.76. The van der Waals surface area contributed by atoms with E-state index in [0.29, 0.717) is 11.2 Å². The predicted molar refractivity (Wildman–Crippen MR) is 99.5 cm³/mol. The van der Waals surface area contributed by atoms with E-state index < -0.39 is 0 Å². The van der Waals surface area contributed by atoms with Gasteiger partial charge in [0.05, 0.1) is 22.3 Å². The molecule has 1 amide bonds. The summed E-state index contributed by atoms with van der Waals surface area (Å²) in [5.41, 5.74) is 4.50. The highest BCUT2D eigenvalue weighted by atomic mass is 16.1. The largest absolute Gasteiger partial charge is 0.322 e. The highest BCUT2D eigenvalue weighted by Crippen LogP contribution is 2.23. The van der Waals surface area contributed by atoms with Gasteiger partial charge in [0.15, 0.2) is 5.65 Å². The fourth-order valence-electron chi connectivity index (χ4n) is 3.07. The van der Waals surface area contributed by atoms with Crippen LogP contribution in [0, 0.1) is 13.8 Å². The monoisotopic (exact) mass is 346 g/mol. The topological polar surface area (TPSA) is 77.6 Å². The van der Waals surface area contributed by atoms with Crippen LogP contribution in [0.15, 0.2) is 48.8 Å². The number of carbonyl (C=O) groups excluding carboxylic acids is 1. The van der Waals surface area contributed by atoms with Crippen LogP contribution in [-0.4, -0.2) is 30.5 Å². The van der Waals surface area contributed by atoms with E-state index in [9.17, 15) is 4.79 Å². The SMILES string of the molecule is Cc1cc(C(=O)Nc2ccc(-n3cccn3)cc2)c2c(C)nn(C)c2n1. The molecular weight excluding hydrogens is 328 g/mol. The molecule has 0 aliphatic heterocycles. The molecule has 130 valence electrons. The molecule has 0 aliphatic carbocycles. The number of nitrogens with one attached hydrogen (secondary N) is 1. The number of benzene rings is 1. The van der Waals surface area contributed by atoms with Gasteiger partial charge in [-0.1, -0.05) is 0 Å². The Morgan fingerprint density at radius 3 is 2.62 bits per heavy atom. The summed E-state index contributed by atoms with van der Waals surface area (Å²) in [6.07, 6.45) is 3.60. The first-order valence-corrected chi connectivity index (χ1v) is 8.25. The maximum absolute atomic E-state index is 12.9. The molecule has 0 bridgehead atoms. The van der Waals surface area contributed by atoms with Gasteiger partial charge >= 0.3 is 0 Å². The molecule has 4 rings (SSSR count). The summed E-state index contributed by atoms with van der Waals surface area (Å²) in [7, 11) is 1.83. The molecule has 0 radical (unpaired) electrons. The summed E-state index contributed by atoms with van der Waals surface area (Å²) in [5.74, 6) is -0.177. The Balaban J connectivity index is 1.66. The van der Waals surface area contributed by atoms with Crippen LogP contribution in [0.2, 0.25) is 0 Å². The molecule has 7 nitrogen and oxygen atoms in total. The number of anilines is 1. The predicted octanol–water partition coefficient (Wildman–Crippen LogP) is 3.02. The minimum absolute atomic E-state index is 0.177. The molecule has 1 N–H and O–H groups in total. The standard InChI is InChI=1S/C19H18N6O/c1-12-11-16(17-13(2)23-24(3)18(17)21-12)19(26)22-14-5-7-15(8-6-14)25-10-4-9-20-25/h4-11H,1-3H3,(H,22,26). The number of rotatable bonds is 3. The molecule has 0 fully saturated rings. The smallest absolute Gasteiger partial charge is 0.256 e. The van der Waals surface area contributed by atoms with Gasteiger partial charge in [-0.3, -0.25) is 9.48 Å². The van der Waals surface area contributed by atoms with Crippen molar-refractivity contribution >= 4 is 22.6 Å². The molecule has 0 saturated heterocycles. The number of carbonyl (C=O) groups is 1. The number of aryl methyl sites for hydroxylation is 3. The lowest BCUT2D eigenvalue weighted by molar-refractivity contribution is 0.102. The van der Waals surface area contributed by atoms with E-state index in [1.165, 1.54) is 0 Å². The van der Waals surface area contributed by atoms with Crippen molar-refractivity contribution in [3.8, 4) is 5.69 Å². The summed E-state index contributed by atoms with van der Waals surface area (Å²) in [4.78, 5) is 17.4. The van der Waals surface area contributed by atoms with Crippen LogP contribution >= 0.6 is 0 Å². The second-order valence-electron chi connectivity index (χ2n) is 6.17. The molecular formula is C19H18N6O. The minimum atomic E-state index is -0.177. The van der Waals surface area contributed by atoms with Crippen molar-refractivity contribution in [1.29, 1.82) is 0 Å². The molecule has 4 aromatic rings. The van der Waals surface area contributed by atoms with Crippen molar-refractivity contribution in [1.82, 2.24) is 24.5 Å². The average Bonchev–Trinajstić information content (AvgIpc) is 3.24. The first kappa shape index (κ1) is 16.0. The Hall–Kier alpha value is -3.48. The van der Waals surface area contributed by atoms with Crippen LogP contribution in [0.5, 0.6) is 0 Å². The normalized spacial score (nSPS) is 11.0. The van der Waals surface area contributed by atoms with Gasteiger partial charge in [-0.2, -0.15) is 10.2 Å². The molecule has 0 spiro atoms. The van der Waals surface area contributed by atoms with Gasteiger partial charge in [0.25, 0.3) is 5.91 Å². The van der Waals surface area contributed by atoms with Crippen LogP contribution in [0.4, 0.5) is 5.69 Å². The van der Waals surface area contributed by atoms with Crippen LogP contribution in [0.25, 0.3) is 16.7 Å². The third-order valence-corrected chi connectivity index (χ3v) is 4.24. The Bertz CT molecular complexity index is 1090. The van der Waals surface area contributed by atoms with Crippen molar-refractivity contribution in [3.63, 3.8) is 0 Å². The zero-order valence-electron chi connectivity index (χ0n) is 14.8. The van der Waals surface area contributed by atoms with E-state index in [2.05, 4.69) is 20.5 Å². The fraction of sp³-hybridized carbons (Fsp3) is 0.158. The maximum Gasteiger partial charge on any atom is 0.256 e. The molecule has 7 heteroatoms. The molecule has 0 saturated carbocycles. The minimum Gasteiger partial charge on any atom is -0.322 e. The van der Waals surface area contributed by atoms with Gasteiger partial charge in [-0.25, -0.2) is 9.67 Å². The molecule has 0 aliphatic rings. The highest BCUT2D eigenvalue weighted by molar-refractivity contribution is 6.12. The first-order chi connectivity index (χ1) is 12.5. The number of amides is 1. The molecule has 26 heavy (non-hydrogen) atoms. The Labute approximate surface area is 150 Å². The van der Waals surface area contributed by atoms with Crippen LogP contribution in [0.3, 0.4) is 0 Å². The van der Waals surface area contributed by atoms with E-state index in [1.807, 2.05) is 57.4 Å². The van der Waals surface area contributed by atoms with Crippen LogP contribution in [-0.2, 0) is 7.05 Å². The zero-order chi connectivity index (χ0) is 18.3. The van der Waals surface area contributed by atoms with Crippen molar-refractivity contribution in [3.05, 3.63) is 65.7 Å². The highest BCUT2D eigenvalue weighted by Gasteiger charge is 2.17. The summed E-state index contributed by atoms with van der Waals surface area (Å²) >= 11 is 0. The van der Waals surface area contributed by atoms with E-state index in [4.69, 9.17) is 0 Å². The van der Waals surface area contributed by atoms with Gasteiger partial charge in [0.1, 0.15) is 0 Å². The number of hydrogen-bond acceptors (Lipinski definition) is 4. The lowest BCUT2D eigenvalue weighted by atomic mass is 10.1. The third-order valence-electron chi connectivity index (χ3n) is 4.24. The Morgan fingerprint density at radius 2 is 1.92 bits per heavy atom. The van der Waals surface area contributed by atoms with E-state index in [1.54, 1.807) is 21.6 Å². The van der Waals surface area contributed by atoms with Crippen molar-refractivity contribution in [2.24, 2.45) is 7.05 Å². The van der Waals surface area contributed by atoms with Crippen molar-refractivity contribution in [2.75, 3.05) is 5.32 Å². The molecule has 1 aromatic carbocycles. The average molecular weight is 346 g/mol. The maximum atomic E-state index is 12.9. The lowest BCUT2D eigenvalue weighted by Gasteiger charge is -2.09. The Morgan fingerprint density at radius 1 is 1.15 bits per heavy atom. The lowest BCUT2D eigenvalue weighted by Crippen LogP contribution is -2.13. The Kier molecular flexibility index (Phi) is 3.76. The second-order valence-corrected chi connectivity index (χ2v) is 6.17. The van der Waals surface area contributed by atoms with Gasteiger partial charge in [-0.05, 0) is 50.2 Å².